The smallest absolute Gasteiger partial charge is 0.255 e. The summed E-state index contributed by atoms with van der Waals surface area (Å²) in [7, 11) is 1.63. The highest BCUT2D eigenvalue weighted by Crippen LogP contribution is 2.22. The first kappa shape index (κ1) is 19.0. The SMILES string of the molecule is COCCOc1cccc(C(=O)Nc2ccc3c(ccn3CC(C)C)c2)c1. The summed E-state index contributed by atoms with van der Waals surface area (Å²) in [6.45, 7) is 6.34. The zero-order valence-electron chi connectivity index (χ0n) is 16.1. The van der Waals surface area contributed by atoms with Gasteiger partial charge >= 0.3 is 0 Å². The van der Waals surface area contributed by atoms with E-state index in [0.717, 1.165) is 17.6 Å². The van der Waals surface area contributed by atoms with Crippen LogP contribution < -0.4 is 10.1 Å². The summed E-state index contributed by atoms with van der Waals surface area (Å²) in [4.78, 5) is 12.6. The molecule has 5 heteroatoms. The van der Waals surface area contributed by atoms with Gasteiger partial charge in [0.2, 0.25) is 0 Å². The lowest BCUT2D eigenvalue weighted by Crippen LogP contribution is -2.12. The zero-order valence-corrected chi connectivity index (χ0v) is 16.1. The van der Waals surface area contributed by atoms with Gasteiger partial charge in [-0.2, -0.15) is 0 Å². The molecule has 0 unspecified atom stereocenters. The van der Waals surface area contributed by atoms with Gasteiger partial charge in [-0.1, -0.05) is 19.9 Å². The van der Waals surface area contributed by atoms with E-state index in [1.807, 2.05) is 24.3 Å². The van der Waals surface area contributed by atoms with Gasteiger partial charge in [-0.3, -0.25) is 4.79 Å². The molecule has 0 aliphatic heterocycles. The second kappa shape index (κ2) is 8.73. The quantitative estimate of drug-likeness (QED) is 0.594. The van der Waals surface area contributed by atoms with E-state index in [-0.39, 0.29) is 5.91 Å². The van der Waals surface area contributed by atoms with Crippen molar-refractivity contribution >= 4 is 22.5 Å². The molecule has 0 aliphatic rings. The number of nitrogens with one attached hydrogen (secondary N) is 1. The van der Waals surface area contributed by atoms with Crippen molar-refractivity contribution in [2.24, 2.45) is 5.92 Å². The average Bonchev–Trinajstić information content (AvgIpc) is 3.03. The fourth-order valence-corrected chi connectivity index (χ4v) is 3.00. The molecule has 0 atom stereocenters. The number of aromatic nitrogens is 1. The number of carbonyl (C=O) groups excluding carboxylic acids is 1. The molecule has 5 nitrogen and oxygen atoms in total. The molecule has 0 aliphatic carbocycles. The van der Waals surface area contributed by atoms with E-state index in [1.54, 1.807) is 19.2 Å². The molecule has 3 aromatic rings. The minimum atomic E-state index is -0.159. The van der Waals surface area contributed by atoms with E-state index in [0.29, 0.717) is 30.4 Å². The predicted molar refractivity (Wildman–Crippen MR) is 109 cm³/mol. The normalized spacial score (nSPS) is 11.1. The van der Waals surface area contributed by atoms with Gasteiger partial charge in [-0.15, -0.1) is 0 Å². The van der Waals surface area contributed by atoms with E-state index < -0.39 is 0 Å². The Morgan fingerprint density at radius 2 is 1.96 bits per heavy atom. The molecular weight excluding hydrogens is 340 g/mol. The molecule has 2 aromatic carbocycles. The average molecular weight is 366 g/mol. The maximum absolute atomic E-state index is 12.6. The van der Waals surface area contributed by atoms with Crippen molar-refractivity contribution in [2.75, 3.05) is 25.6 Å². The molecule has 27 heavy (non-hydrogen) atoms. The second-order valence-corrected chi connectivity index (χ2v) is 6.96. The molecule has 0 spiro atoms. The van der Waals surface area contributed by atoms with Crippen LogP contribution in [0.3, 0.4) is 0 Å². The van der Waals surface area contributed by atoms with Crippen molar-refractivity contribution in [1.29, 1.82) is 0 Å². The third kappa shape index (κ3) is 4.89. The molecule has 0 fully saturated rings. The van der Waals surface area contributed by atoms with Crippen LogP contribution in [0.25, 0.3) is 10.9 Å². The standard InChI is InChI=1S/C22H26N2O3/c1-16(2)15-24-10-9-17-13-19(7-8-21(17)24)23-22(25)18-5-4-6-20(14-18)27-12-11-26-3/h4-10,13-14,16H,11-12,15H2,1-3H3,(H,23,25). The van der Waals surface area contributed by atoms with Crippen LogP contribution in [-0.4, -0.2) is 30.8 Å². The Morgan fingerprint density at radius 1 is 1.11 bits per heavy atom. The number of nitrogens with zero attached hydrogens (tertiary/aromatic N) is 1. The lowest BCUT2D eigenvalue weighted by Gasteiger charge is -2.10. The van der Waals surface area contributed by atoms with E-state index >= 15 is 0 Å². The number of methoxy groups -OCH3 is 1. The number of carbonyl (C=O) groups is 1. The number of rotatable bonds is 8. The Balaban J connectivity index is 1.71. The van der Waals surface area contributed by atoms with E-state index in [9.17, 15) is 4.79 Å². The van der Waals surface area contributed by atoms with Gasteiger partial charge in [0.05, 0.1) is 6.61 Å². The van der Waals surface area contributed by atoms with Crippen LogP contribution in [0.1, 0.15) is 24.2 Å². The Kier molecular flexibility index (Phi) is 6.14. The fraction of sp³-hybridized carbons (Fsp3) is 0.318. The first-order valence-electron chi connectivity index (χ1n) is 9.19. The van der Waals surface area contributed by atoms with Gasteiger partial charge in [-0.25, -0.2) is 0 Å². The highest BCUT2D eigenvalue weighted by molar-refractivity contribution is 6.05. The first-order valence-corrected chi connectivity index (χ1v) is 9.19. The van der Waals surface area contributed by atoms with Crippen LogP contribution in [0, 0.1) is 5.92 Å². The van der Waals surface area contributed by atoms with E-state index in [1.165, 1.54) is 5.52 Å². The molecule has 1 amide bonds. The van der Waals surface area contributed by atoms with Crippen LogP contribution in [0.2, 0.25) is 0 Å². The van der Waals surface area contributed by atoms with Crippen LogP contribution in [0.4, 0.5) is 5.69 Å². The third-order valence-corrected chi connectivity index (χ3v) is 4.24. The molecule has 1 aromatic heterocycles. The molecule has 0 radical (unpaired) electrons. The summed E-state index contributed by atoms with van der Waals surface area (Å²) in [6, 6.07) is 15.2. The minimum Gasteiger partial charge on any atom is -0.491 e. The molecule has 0 bridgehead atoms. The number of amides is 1. The molecule has 142 valence electrons. The van der Waals surface area contributed by atoms with Crippen molar-refractivity contribution in [2.45, 2.75) is 20.4 Å². The van der Waals surface area contributed by atoms with Crippen LogP contribution in [0.5, 0.6) is 5.75 Å². The predicted octanol–water partition coefficient (Wildman–Crippen LogP) is 4.57. The lowest BCUT2D eigenvalue weighted by atomic mass is 10.2. The van der Waals surface area contributed by atoms with Crippen molar-refractivity contribution < 1.29 is 14.3 Å². The molecule has 0 saturated heterocycles. The van der Waals surface area contributed by atoms with Gasteiger partial charge < -0.3 is 19.4 Å². The number of anilines is 1. The first-order chi connectivity index (χ1) is 13.1. The highest BCUT2D eigenvalue weighted by Gasteiger charge is 2.09. The summed E-state index contributed by atoms with van der Waals surface area (Å²) in [5.41, 5.74) is 2.51. The second-order valence-electron chi connectivity index (χ2n) is 6.96. The largest absolute Gasteiger partial charge is 0.491 e. The number of fused-ring (bicyclic) bond motifs is 1. The monoisotopic (exact) mass is 366 g/mol. The van der Waals surface area contributed by atoms with Crippen LogP contribution in [0.15, 0.2) is 54.7 Å². The van der Waals surface area contributed by atoms with Crippen LogP contribution >= 0.6 is 0 Å². The van der Waals surface area contributed by atoms with E-state index in [2.05, 4.69) is 42.1 Å². The lowest BCUT2D eigenvalue weighted by molar-refractivity contribution is 0.102. The molecule has 1 N–H and O–H groups in total. The molecule has 3 rings (SSSR count). The summed E-state index contributed by atoms with van der Waals surface area (Å²) >= 11 is 0. The number of ether oxygens (including phenoxy) is 2. The molecule has 0 saturated carbocycles. The molecule has 1 heterocycles. The van der Waals surface area contributed by atoms with E-state index in [4.69, 9.17) is 9.47 Å². The minimum absolute atomic E-state index is 0.159. The van der Waals surface area contributed by atoms with Crippen molar-refractivity contribution in [3.8, 4) is 5.75 Å². The number of benzene rings is 2. The highest BCUT2D eigenvalue weighted by atomic mass is 16.5. The van der Waals surface area contributed by atoms with Gasteiger partial charge in [0.1, 0.15) is 12.4 Å². The Labute approximate surface area is 159 Å². The Hall–Kier alpha value is -2.79. The maximum Gasteiger partial charge on any atom is 0.255 e. The maximum atomic E-state index is 12.6. The van der Waals surface area contributed by atoms with Gasteiger partial charge in [-0.05, 0) is 48.4 Å². The van der Waals surface area contributed by atoms with Gasteiger partial charge in [0.25, 0.3) is 5.91 Å². The summed E-state index contributed by atoms with van der Waals surface area (Å²) < 4.78 is 12.8. The zero-order chi connectivity index (χ0) is 19.2. The Bertz CT molecular complexity index is 915. The van der Waals surface area contributed by atoms with Crippen molar-refractivity contribution in [3.05, 3.63) is 60.3 Å². The van der Waals surface area contributed by atoms with Gasteiger partial charge in [0, 0.05) is 42.0 Å². The van der Waals surface area contributed by atoms with Crippen molar-refractivity contribution in [1.82, 2.24) is 4.57 Å². The summed E-state index contributed by atoms with van der Waals surface area (Å²) in [5.74, 6) is 1.08. The van der Waals surface area contributed by atoms with Gasteiger partial charge in [0.15, 0.2) is 0 Å². The Morgan fingerprint density at radius 3 is 2.74 bits per heavy atom. The number of hydrogen-bond donors (Lipinski definition) is 1. The van der Waals surface area contributed by atoms with Crippen molar-refractivity contribution in [3.63, 3.8) is 0 Å². The summed E-state index contributed by atoms with van der Waals surface area (Å²) in [6.07, 6.45) is 2.09. The molecular formula is C22H26N2O3. The topological polar surface area (TPSA) is 52.5 Å². The third-order valence-electron chi connectivity index (χ3n) is 4.24. The summed E-state index contributed by atoms with van der Waals surface area (Å²) in [5, 5.41) is 4.08. The van der Waals surface area contributed by atoms with Crippen LogP contribution in [-0.2, 0) is 11.3 Å². The fourth-order valence-electron chi connectivity index (χ4n) is 3.00. The number of hydrogen-bond acceptors (Lipinski definition) is 3.